The fraction of sp³-hybridized carbons (Fsp3) is 0.750. The van der Waals surface area contributed by atoms with Crippen LogP contribution in [0.2, 0.25) is 0 Å². The molecular formula is C8H15N. The highest BCUT2D eigenvalue weighted by molar-refractivity contribution is 4.94. The van der Waals surface area contributed by atoms with E-state index in [0.717, 1.165) is 19.5 Å². The topological polar surface area (TPSA) is 12.0 Å². The molecule has 0 saturated heterocycles. The summed E-state index contributed by atoms with van der Waals surface area (Å²) in [4.78, 5) is 0. The summed E-state index contributed by atoms with van der Waals surface area (Å²) in [5, 5.41) is 3.27. The maximum Gasteiger partial charge on any atom is 0.0214 e. The molecule has 9 heavy (non-hydrogen) atoms. The van der Waals surface area contributed by atoms with Gasteiger partial charge in [0.1, 0.15) is 0 Å². The number of rotatable bonds is 4. The Balaban J connectivity index is 2.80. The molecule has 0 aromatic heterocycles. The molecule has 0 aliphatic heterocycles. The van der Waals surface area contributed by atoms with E-state index in [0.29, 0.717) is 0 Å². The quantitative estimate of drug-likeness (QED) is 0.442. The third kappa shape index (κ3) is 7.52. The molecule has 0 unspecified atom stereocenters. The third-order valence-corrected chi connectivity index (χ3v) is 1.03. The Hall–Kier alpha value is -0.480. The van der Waals surface area contributed by atoms with Gasteiger partial charge >= 0.3 is 0 Å². The van der Waals surface area contributed by atoms with Crippen molar-refractivity contribution in [3.8, 4) is 11.8 Å². The molecule has 0 aromatic rings. The monoisotopic (exact) mass is 125 g/mol. The molecule has 0 aromatic carbocycles. The van der Waals surface area contributed by atoms with Crippen LogP contribution in [0.15, 0.2) is 0 Å². The Morgan fingerprint density at radius 2 is 2.11 bits per heavy atom. The smallest absolute Gasteiger partial charge is 0.0214 e. The van der Waals surface area contributed by atoms with E-state index >= 15 is 0 Å². The van der Waals surface area contributed by atoms with Crippen LogP contribution in [0.3, 0.4) is 0 Å². The molecule has 0 heterocycles. The van der Waals surface area contributed by atoms with E-state index in [1.165, 1.54) is 6.42 Å². The van der Waals surface area contributed by atoms with Crippen LogP contribution in [0.1, 0.15) is 26.7 Å². The molecule has 0 radical (unpaired) electrons. The molecule has 52 valence electrons. The zero-order valence-corrected chi connectivity index (χ0v) is 6.33. The van der Waals surface area contributed by atoms with Crippen molar-refractivity contribution in [1.29, 1.82) is 0 Å². The highest BCUT2D eigenvalue weighted by Gasteiger charge is 1.79. The summed E-state index contributed by atoms with van der Waals surface area (Å²) in [6, 6.07) is 0. The second kappa shape index (κ2) is 7.52. The molecular weight excluding hydrogens is 110 g/mol. The Labute approximate surface area is 57.8 Å². The van der Waals surface area contributed by atoms with Crippen LogP contribution in [0.25, 0.3) is 0 Å². The maximum atomic E-state index is 3.27. The number of hydrogen-bond acceptors (Lipinski definition) is 1. The van der Waals surface area contributed by atoms with E-state index in [-0.39, 0.29) is 0 Å². The second-order valence-corrected chi connectivity index (χ2v) is 1.93. The van der Waals surface area contributed by atoms with Gasteiger partial charge in [0.05, 0.1) is 0 Å². The maximum absolute atomic E-state index is 3.27. The Morgan fingerprint density at radius 1 is 1.33 bits per heavy atom. The molecule has 0 fully saturated rings. The highest BCUT2D eigenvalue weighted by atomic mass is 14.8. The fourth-order valence-electron chi connectivity index (χ4n) is 0.578. The summed E-state index contributed by atoms with van der Waals surface area (Å²) in [6.07, 6.45) is 2.19. The van der Waals surface area contributed by atoms with Gasteiger partial charge < -0.3 is 5.32 Å². The molecule has 0 rings (SSSR count). The minimum absolute atomic E-state index is 0.983. The van der Waals surface area contributed by atoms with E-state index in [1.54, 1.807) is 0 Å². The second-order valence-electron chi connectivity index (χ2n) is 1.93. The predicted molar refractivity (Wildman–Crippen MR) is 41.2 cm³/mol. The van der Waals surface area contributed by atoms with Crippen molar-refractivity contribution in [2.24, 2.45) is 0 Å². The summed E-state index contributed by atoms with van der Waals surface area (Å²) in [5.74, 6) is 5.85. The SMILES string of the molecule is CC#CCCNCCC. The summed E-state index contributed by atoms with van der Waals surface area (Å²) in [5.41, 5.74) is 0. The van der Waals surface area contributed by atoms with Crippen molar-refractivity contribution in [3.05, 3.63) is 0 Å². The number of nitrogens with one attached hydrogen (secondary N) is 1. The highest BCUT2D eigenvalue weighted by Crippen LogP contribution is 1.73. The number of hydrogen-bond donors (Lipinski definition) is 1. The average molecular weight is 125 g/mol. The molecule has 0 amide bonds. The van der Waals surface area contributed by atoms with Crippen molar-refractivity contribution in [2.45, 2.75) is 26.7 Å². The Morgan fingerprint density at radius 3 is 2.67 bits per heavy atom. The lowest BCUT2D eigenvalue weighted by Gasteiger charge is -1.95. The summed E-state index contributed by atoms with van der Waals surface area (Å²) in [6.45, 7) is 6.19. The molecule has 1 N–H and O–H groups in total. The summed E-state index contributed by atoms with van der Waals surface area (Å²) >= 11 is 0. The van der Waals surface area contributed by atoms with Gasteiger partial charge in [0, 0.05) is 13.0 Å². The van der Waals surface area contributed by atoms with E-state index in [4.69, 9.17) is 0 Å². The first-order chi connectivity index (χ1) is 4.41. The van der Waals surface area contributed by atoms with Crippen LogP contribution in [0, 0.1) is 11.8 Å². The van der Waals surface area contributed by atoms with Gasteiger partial charge in [-0.2, -0.15) is 0 Å². The van der Waals surface area contributed by atoms with Crippen molar-refractivity contribution >= 4 is 0 Å². The van der Waals surface area contributed by atoms with Gasteiger partial charge in [-0.15, -0.1) is 11.8 Å². The van der Waals surface area contributed by atoms with Crippen LogP contribution in [0.5, 0.6) is 0 Å². The molecule has 0 aliphatic rings. The standard InChI is InChI=1S/C8H15N/c1-3-5-6-8-9-7-4-2/h9H,4,6-8H2,1-2H3. The Kier molecular flexibility index (Phi) is 7.12. The van der Waals surface area contributed by atoms with Gasteiger partial charge in [-0.1, -0.05) is 6.92 Å². The molecule has 1 heteroatoms. The lowest BCUT2D eigenvalue weighted by Crippen LogP contribution is -2.15. The molecule has 0 aliphatic carbocycles. The zero-order valence-electron chi connectivity index (χ0n) is 6.33. The van der Waals surface area contributed by atoms with Crippen LogP contribution >= 0.6 is 0 Å². The summed E-state index contributed by atoms with van der Waals surface area (Å²) in [7, 11) is 0. The summed E-state index contributed by atoms with van der Waals surface area (Å²) < 4.78 is 0. The molecule has 0 bridgehead atoms. The Bertz CT molecular complexity index is 96.9. The normalized spacial score (nSPS) is 8.22. The minimum Gasteiger partial charge on any atom is -0.316 e. The van der Waals surface area contributed by atoms with E-state index in [2.05, 4.69) is 24.1 Å². The van der Waals surface area contributed by atoms with E-state index in [9.17, 15) is 0 Å². The molecule has 1 nitrogen and oxygen atoms in total. The van der Waals surface area contributed by atoms with E-state index in [1.807, 2.05) is 6.92 Å². The average Bonchev–Trinajstić information content (AvgIpc) is 1.89. The van der Waals surface area contributed by atoms with Gasteiger partial charge in [-0.05, 0) is 19.9 Å². The molecule has 0 atom stereocenters. The third-order valence-electron chi connectivity index (χ3n) is 1.03. The van der Waals surface area contributed by atoms with Crippen molar-refractivity contribution in [1.82, 2.24) is 5.32 Å². The first-order valence-electron chi connectivity index (χ1n) is 3.52. The van der Waals surface area contributed by atoms with Gasteiger partial charge in [0.25, 0.3) is 0 Å². The van der Waals surface area contributed by atoms with Crippen LogP contribution in [0.4, 0.5) is 0 Å². The fourth-order valence-corrected chi connectivity index (χ4v) is 0.578. The van der Waals surface area contributed by atoms with Crippen LogP contribution in [-0.4, -0.2) is 13.1 Å². The first kappa shape index (κ1) is 8.52. The van der Waals surface area contributed by atoms with Crippen molar-refractivity contribution < 1.29 is 0 Å². The predicted octanol–water partition coefficient (Wildman–Crippen LogP) is 1.40. The lowest BCUT2D eigenvalue weighted by molar-refractivity contribution is 0.683. The molecule has 0 spiro atoms. The van der Waals surface area contributed by atoms with Crippen LogP contribution < -0.4 is 5.32 Å². The van der Waals surface area contributed by atoms with Crippen molar-refractivity contribution in [2.75, 3.05) is 13.1 Å². The van der Waals surface area contributed by atoms with Gasteiger partial charge in [0.2, 0.25) is 0 Å². The lowest BCUT2D eigenvalue weighted by atomic mass is 10.4. The van der Waals surface area contributed by atoms with Crippen LogP contribution in [-0.2, 0) is 0 Å². The van der Waals surface area contributed by atoms with Gasteiger partial charge in [-0.25, -0.2) is 0 Å². The minimum atomic E-state index is 0.983. The van der Waals surface area contributed by atoms with E-state index < -0.39 is 0 Å². The molecule has 0 saturated carbocycles. The largest absolute Gasteiger partial charge is 0.316 e. The van der Waals surface area contributed by atoms with Crippen molar-refractivity contribution in [3.63, 3.8) is 0 Å². The first-order valence-corrected chi connectivity index (χ1v) is 3.52. The zero-order chi connectivity index (χ0) is 6.95. The van der Waals surface area contributed by atoms with Gasteiger partial charge in [-0.3, -0.25) is 0 Å². The van der Waals surface area contributed by atoms with Gasteiger partial charge in [0.15, 0.2) is 0 Å².